The molecule has 0 spiro atoms. The Morgan fingerprint density at radius 3 is 2.31 bits per heavy atom. The molecule has 1 amide bonds. The van der Waals surface area contributed by atoms with Crippen molar-refractivity contribution in [1.29, 1.82) is 0 Å². The van der Waals surface area contributed by atoms with Crippen LogP contribution in [0.1, 0.15) is 16.7 Å². The van der Waals surface area contributed by atoms with E-state index < -0.39 is 0 Å². The minimum atomic E-state index is -0.281. The molecule has 0 bridgehead atoms. The molecule has 4 nitrogen and oxygen atoms in total. The van der Waals surface area contributed by atoms with Gasteiger partial charge in [-0.2, -0.15) is 0 Å². The highest BCUT2D eigenvalue weighted by molar-refractivity contribution is 8.24. The molecule has 3 aromatic carbocycles. The molecule has 32 heavy (non-hydrogen) atoms. The summed E-state index contributed by atoms with van der Waals surface area (Å²) in [6.07, 6.45) is 0.580. The molecule has 1 aliphatic heterocycles. The van der Waals surface area contributed by atoms with Crippen molar-refractivity contribution in [2.24, 2.45) is 0 Å². The Morgan fingerprint density at radius 1 is 0.969 bits per heavy atom. The molecule has 164 valence electrons. The predicted octanol–water partition coefficient (Wildman–Crippen LogP) is 5.38. The van der Waals surface area contributed by atoms with E-state index in [4.69, 9.17) is 21.7 Å². The first-order valence-electron chi connectivity index (χ1n) is 10.1. The maximum absolute atomic E-state index is 13.7. The average molecular weight is 468 g/mol. The van der Waals surface area contributed by atoms with E-state index in [1.807, 2.05) is 48.5 Å². The Balaban J connectivity index is 1.34. The van der Waals surface area contributed by atoms with Crippen LogP contribution >= 0.6 is 24.0 Å². The number of amides is 1. The molecule has 0 unspecified atom stereocenters. The topological polar surface area (TPSA) is 38.8 Å². The highest BCUT2D eigenvalue weighted by Crippen LogP contribution is 2.31. The molecule has 1 atom stereocenters. The highest BCUT2D eigenvalue weighted by Gasteiger charge is 2.36. The summed E-state index contributed by atoms with van der Waals surface area (Å²) >= 11 is 6.89. The van der Waals surface area contributed by atoms with Crippen LogP contribution in [-0.2, 0) is 24.4 Å². The Kier molecular flexibility index (Phi) is 7.07. The summed E-state index contributed by atoms with van der Waals surface area (Å²) in [4.78, 5) is 14.6. The van der Waals surface area contributed by atoms with Crippen LogP contribution in [0.4, 0.5) is 4.39 Å². The number of halogens is 1. The molecular formula is C25H22FNO3S2. The zero-order chi connectivity index (χ0) is 22.5. The largest absolute Gasteiger partial charge is 0.497 e. The minimum absolute atomic E-state index is 0.0238. The third-order valence-electron chi connectivity index (χ3n) is 5.20. The molecule has 0 radical (unpaired) electrons. The molecule has 1 aliphatic rings. The molecule has 1 fully saturated rings. The Bertz CT molecular complexity index is 1100. The van der Waals surface area contributed by atoms with Gasteiger partial charge in [-0.05, 0) is 47.9 Å². The lowest BCUT2D eigenvalue weighted by Crippen LogP contribution is -2.31. The first kappa shape index (κ1) is 22.3. The lowest BCUT2D eigenvalue weighted by atomic mass is 10.1. The first-order valence-corrected chi connectivity index (χ1v) is 11.4. The molecule has 0 aliphatic carbocycles. The number of thiocarbonyl (C=S) groups is 1. The van der Waals surface area contributed by atoms with Gasteiger partial charge in [-0.3, -0.25) is 9.69 Å². The molecule has 0 saturated carbocycles. The quantitative estimate of drug-likeness (QED) is 0.416. The molecular weight excluding hydrogens is 445 g/mol. The van der Waals surface area contributed by atoms with E-state index in [0.717, 1.165) is 16.9 Å². The van der Waals surface area contributed by atoms with Crippen molar-refractivity contribution in [3.8, 4) is 11.5 Å². The van der Waals surface area contributed by atoms with Crippen molar-refractivity contribution >= 4 is 34.2 Å². The summed E-state index contributed by atoms with van der Waals surface area (Å²) in [5, 5.41) is -0.245. The van der Waals surface area contributed by atoms with E-state index in [1.54, 1.807) is 30.2 Å². The summed E-state index contributed by atoms with van der Waals surface area (Å²) in [5.41, 5.74) is 2.53. The van der Waals surface area contributed by atoms with Crippen LogP contribution in [0, 0.1) is 5.82 Å². The van der Waals surface area contributed by atoms with Crippen molar-refractivity contribution in [3.63, 3.8) is 0 Å². The van der Waals surface area contributed by atoms with E-state index in [0.29, 0.717) is 28.6 Å². The number of ether oxygens (including phenoxy) is 2. The van der Waals surface area contributed by atoms with Gasteiger partial charge in [-0.15, -0.1) is 0 Å². The maximum Gasteiger partial charge on any atom is 0.242 e. The van der Waals surface area contributed by atoms with Gasteiger partial charge in [0.2, 0.25) is 5.91 Å². The van der Waals surface area contributed by atoms with Crippen LogP contribution in [0.2, 0.25) is 0 Å². The number of carbonyl (C=O) groups excluding carboxylic acids is 1. The molecule has 0 N–H and O–H groups in total. The summed E-state index contributed by atoms with van der Waals surface area (Å²) in [6, 6.07) is 21.7. The van der Waals surface area contributed by atoms with Gasteiger partial charge < -0.3 is 9.47 Å². The number of hydrogen-bond acceptors (Lipinski definition) is 5. The highest BCUT2D eigenvalue weighted by atomic mass is 32.2. The Labute approximate surface area is 196 Å². The van der Waals surface area contributed by atoms with Crippen LogP contribution in [0.25, 0.3) is 0 Å². The van der Waals surface area contributed by atoms with Crippen LogP contribution in [-0.4, -0.2) is 27.5 Å². The summed E-state index contributed by atoms with van der Waals surface area (Å²) in [5.74, 6) is 1.17. The molecule has 1 saturated heterocycles. The van der Waals surface area contributed by atoms with E-state index in [2.05, 4.69) is 0 Å². The van der Waals surface area contributed by atoms with E-state index in [-0.39, 0.29) is 23.6 Å². The summed E-state index contributed by atoms with van der Waals surface area (Å²) in [7, 11) is 1.62. The Hall–Kier alpha value is -2.90. The second-order valence-corrected chi connectivity index (χ2v) is 9.21. The smallest absolute Gasteiger partial charge is 0.242 e. The van der Waals surface area contributed by atoms with Gasteiger partial charge in [0.25, 0.3) is 0 Å². The second kappa shape index (κ2) is 10.1. The fourth-order valence-electron chi connectivity index (χ4n) is 3.40. The van der Waals surface area contributed by atoms with Crippen molar-refractivity contribution in [1.82, 2.24) is 4.90 Å². The predicted molar refractivity (Wildman–Crippen MR) is 128 cm³/mol. The van der Waals surface area contributed by atoms with Crippen LogP contribution in [0.5, 0.6) is 11.5 Å². The van der Waals surface area contributed by atoms with Gasteiger partial charge in [0.15, 0.2) is 0 Å². The number of methoxy groups -OCH3 is 1. The van der Waals surface area contributed by atoms with E-state index >= 15 is 0 Å². The third kappa shape index (κ3) is 5.29. The van der Waals surface area contributed by atoms with Crippen LogP contribution in [0.3, 0.4) is 0 Å². The summed E-state index contributed by atoms with van der Waals surface area (Å²) in [6.45, 7) is 0.617. The molecule has 7 heteroatoms. The normalized spacial score (nSPS) is 15.8. The fraction of sp³-hybridized carbons (Fsp3) is 0.200. The average Bonchev–Trinajstić information content (AvgIpc) is 3.07. The van der Waals surface area contributed by atoms with E-state index in [9.17, 15) is 9.18 Å². The van der Waals surface area contributed by atoms with Crippen molar-refractivity contribution in [2.75, 3.05) is 7.11 Å². The monoisotopic (exact) mass is 467 g/mol. The summed E-state index contributed by atoms with van der Waals surface area (Å²) < 4.78 is 25.2. The maximum atomic E-state index is 13.7. The van der Waals surface area contributed by atoms with Gasteiger partial charge in [0.1, 0.15) is 28.2 Å². The zero-order valence-electron chi connectivity index (χ0n) is 17.5. The minimum Gasteiger partial charge on any atom is -0.497 e. The standard InChI is InChI=1S/C25H22FNO3S2/c1-29-20-10-8-18(9-11-20)15-27-24(28)23(32-25(27)31)14-17-6-12-21(13-7-17)30-16-19-4-2-3-5-22(19)26/h2-13,23H,14-16H2,1H3/t23-/m0/s1. The SMILES string of the molecule is COc1ccc(CN2C(=O)[C@H](Cc3ccc(OCc4ccccc4F)cc3)SC2=S)cc1. The second-order valence-electron chi connectivity index (χ2n) is 7.37. The fourth-order valence-corrected chi connectivity index (χ4v) is 4.93. The number of hydrogen-bond donors (Lipinski definition) is 0. The van der Waals surface area contributed by atoms with Gasteiger partial charge in [-0.25, -0.2) is 4.39 Å². The number of thioether (sulfide) groups is 1. The van der Waals surface area contributed by atoms with Crippen molar-refractivity contribution < 1.29 is 18.7 Å². The number of rotatable bonds is 8. The lowest BCUT2D eigenvalue weighted by molar-refractivity contribution is -0.126. The molecule has 1 heterocycles. The first-order chi connectivity index (χ1) is 15.5. The zero-order valence-corrected chi connectivity index (χ0v) is 19.1. The Morgan fingerprint density at radius 2 is 1.62 bits per heavy atom. The number of carbonyl (C=O) groups is 1. The number of nitrogens with zero attached hydrogens (tertiary/aromatic N) is 1. The third-order valence-corrected chi connectivity index (χ3v) is 6.79. The number of benzene rings is 3. The molecule has 3 aromatic rings. The van der Waals surface area contributed by atoms with Gasteiger partial charge in [0, 0.05) is 5.56 Å². The van der Waals surface area contributed by atoms with E-state index in [1.165, 1.54) is 17.8 Å². The molecule has 0 aromatic heterocycles. The van der Waals surface area contributed by atoms with Crippen molar-refractivity contribution in [3.05, 3.63) is 95.3 Å². The van der Waals surface area contributed by atoms with Crippen molar-refractivity contribution in [2.45, 2.75) is 24.8 Å². The van der Waals surface area contributed by atoms with Gasteiger partial charge in [-0.1, -0.05) is 66.4 Å². The van der Waals surface area contributed by atoms with Crippen LogP contribution < -0.4 is 9.47 Å². The van der Waals surface area contributed by atoms with Crippen LogP contribution in [0.15, 0.2) is 72.8 Å². The lowest BCUT2D eigenvalue weighted by Gasteiger charge is -2.16. The molecule has 4 rings (SSSR count). The van der Waals surface area contributed by atoms with Gasteiger partial charge in [0.05, 0.1) is 18.9 Å². The van der Waals surface area contributed by atoms with Gasteiger partial charge >= 0.3 is 0 Å².